The Balaban J connectivity index is 1.11. The summed E-state index contributed by atoms with van der Waals surface area (Å²) in [6, 6.07) is 14.1. The van der Waals surface area contributed by atoms with Gasteiger partial charge in [-0.25, -0.2) is 9.38 Å². The molecule has 1 fully saturated rings. The van der Waals surface area contributed by atoms with Crippen LogP contribution in [0.1, 0.15) is 29.2 Å². The van der Waals surface area contributed by atoms with Gasteiger partial charge in [0.25, 0.3) is 0 Å². The lowest BCUT2D eigenvalue weighted by atomic mass is 10.0. The molecule has 2 N–H and O–H groups in total. The van der Waals surface area contributed by atoms with Crippen molar-refractivity contribution < 1.29 is 18.7 Å². The Kier molecular flexibility index (Phi) is 7.15. The topological polar surface area (TPSA) is 91.8 Å². The number of halogens is 1. The van der Waals surface area contributed by atoms with Crippen molar-refractivity contribution >= 4 is 23.6 Å². The van der Waals surface area contributed by atoms with E-state index in [0.717, 1.165) is 56.3 Å². The zero-order chi connectivity index (χ0) is 24.0. The Morgan fingerprint density at radius 3 is 2.83 bits per heavy atom. The molecule has 1 unspecified atom stereocenters. The highest BCUT2D eigenvalue weighted by Crippen LogP contribution is 2.32. The SMILES string of the molecule is O=C1Nc2ccc(F)cc2C1C=Nc1cc(Cc2ccc(OCCCN3CCOCC3)cc2)[nH]n1. The number of H-pyrrole nitrogens is 1. The predicted molar refractivity (Wildman–Crippen MR) is 131 cm³/mol. The number of fused-ring (bicyclic) bond motifs is 1. The lowest BCUT2D eigenvalue weighted by molar-refractivity contribution is -0.115. The maximum absolute atomic E-state index is 13.6. The Morgan fingerprint density at radius 2 is 2.00 bits per heavy atom. The molecule has 1 saturated heterocycles. The lowest BCUT2D eigenvalue weighted by Crippen LogP contribution is -2.37. The maximum atomic E-state index is 13.6. The number of benzene rings is 2. The molecule has 1 aromatic heterocycles. The first-order chi connectivity index (χ1) is 17.1. The van der Waals surface area contributed by atoms with Crippen molar-refractivity contribution in [2.24, 2.45) is 4.99 Å². The molecule has 0 bridgehead atoms. The molecule has 9 heteroatoms. The van der Waals surface area contributed by atoms with E-state index >= 15 is 0 Å². The molecule has 182 valence electrons. The van der Waals surface area contributed by atoms with Crippen molar-refractivity contribution in [3.05, 3.63) is 71.2 Å². The fraction of sp³-hybridized carbons (Fsp3) is 0.346. The first kappa shape index (κ1) is 23.2. The van der Waals surface area contributed by atoms with Crippen LogP contribution < -0.4 is 10.1 Å². The molecular weight excluding hydrogens is 449 g/mol. The van der Waals surface area contributed by atoms with Gasteiger partial charge in [-0.1, -0.05) is 12.1 Å². The molecule has 2 aromatic carbocycles. The Morgan fingerprint density at radius 1 is 1.17 bits per heavy atom. The molecule has 2 aliphatic heterocycles. The van der Waals surface area contributed by atoms with Gasteiger partial charge >= 0.3 is 0 Å². The van der Waals surface area contributed by atoms with Gasteiger partial charge in [-0.2, -0.15) is 5.10 Å². The minimum atomic E-state index is -0.637. The smallest absolute Gasteiger partial charge is 0.237 e. The molecule has 0 radical (unpaired) electrons. The molecule has 0 saturated carbocycles. The number of anilines is 1. The number of aromatic nitrogens is 2. The number of rotatable bonds is 9. The van der Waals surface area contributed by atoms with Gasteiger partial charge in [-0.3, -0.25) is 14.8 Å². The molecule has 5 rings (SSSR count). The van der Waals surface area contributed by atoms with Crippen LogP contribution in [0.15, 0.2) is 53.5 Å². The molecule has 3 aromatic rings. The van der Waals surface area contributed by atoms with Crippen LogP contribution in [-0.4, -0.2) is 66.7 Å². The second kappa shape index (κ2) is 10.8. The third-order valence-electron chi connectivity index (χ3n) is 6.17. The average molecular weight is 478 g/mol. The second-order valence-electron chi connectivity index (χ2n) is 8.70. The molecule has 35 heavy (non-hydrogen) atoms. The number of aromatic amines is 1. The Hall–Kier alpha value is -3.56. The number of carbonyl (C=O) groups is 1. The van der Waals surface area contributed by atoms with Crippen LogP contribution in [0.5, 0.6) is 5.75 Å². The van der Waals surface area contributed by atoms with Crippen LogP contribution >= 0.6 is 0 Å². The summed E-state index contributed by atoms with van der Waals surface area (Å²) >= 11 is 0. The number of morpholine rings is 1. The van der Waals surface area contributed by atoms with E-state index in [1.54, 1.807) is 6.07 Å². The Bertz CT molecular complexity index is 1190. The van der Waals surface area contributed by atoms with Crippen molar-refractivity contribution in [1.82, 2.24) is 15.1 Å². The number of nitrogens with one attached hydrogen (secondary N) is 2. The van der Waals surface area contributed by atoms with Gasteiger partial charge < -0.3 is 14.8 Å². The van der Waals surface area contributed by atoms with Crippen LogP contribution in [0, 0.1) is 5.82 Å². The van der Waals surface area contributed by atoms with E-state index in [0.29, 0.717) is 30.1 Å². The highest BCUT2D eigenvalue weighted by atomic mass is 19.1. The average Bonchev–Trinajstić information content (AvgIpc) is 3.45. The van der Waals surface area contributed by atoms with Crippen molar-refractivity contribution in [2.45, 2.75) is 18.8 Å². The highest BCUT2D eigenvalue weighted by molar-refractivity contribution is 6.12. The van der Waals surface area contributed by atoms with E-state index in [2.05, 4.69) is 25.4 Å². The first-order valence-corrected chi connectivity index (χ1v) is 11.8. The Labute approximate surface area is 203 Å². The summed E-state index contributed by atoms with van der Waals surface area (Å²) in [5, 5.41) is 9.94. The van der Waals surface area contributed by atoms with E-state index in [4.69, 9.17) is 9.47 Å². The maximum Gasteiger partial charge on any atom is 0.237 e. The summed E-state index contributed by atoms with van der Waals surface area (Å²) in [5.74, 6) is 0.0796. The molecular formula is C26H28FN5O3. The van der Waals surface area contributed by atoms with Gasteiger partial charge in [-0.05, 0) is 47.9 Å². The molecule has 3 heterocycles. The first-order valence-electron chi connectivity index (χ1n) is 11.8. The summed E-state index contributed by atoms with van der Waals surface area (Å²) < 4.78 is 24.8. The van der Waals surface area contributed by atoms with E-state index in [-0.39, 0.29) is 11.7 Å². The fourth-order valence-corrected chi connectivity index (χ4v) is 4.29. The van der Waals surface area contributed by atoms with Crippen LogP contribution in [0.25, 0.3) is 0 Å². The highest BCUT2D eigenvalue weighted by Gasteiger charge is 2.29. The van der Waals surface area contributed by atoms with E-state index in [9.17, 15) is 9.18 Å². The number of hydrogen-bond acceptors (Lipinski definition) is 6. The number of amides is 1. The third-order valence-corrected chi connectivity index (χ3v) is 6.17. The van der Waals surface area contributed by atoms with Crippen molar-refractivity contribution in [3.63, 3.8) is 0 Å². The van der Waals surface area contributed by atoms with Gasteiger partial charge in [0, 0.05) is 49.7 Å². The zero-order valence-corrected chi connectivity index (χ0v) is 19.4. The van der Waals surface area contributed by atoms with Crippen LogP contribution in [-0.2, 0) is 16.0 Å². The third kappa shape index (κ3) is 5.93. The van der Waals surface area contributed by atoms with Gasteiger partial charge in [0.1, 0.15) is 17.5 Å². The molecule has 2 aliphatic rings. The molecule has 0 aliphatic carbocycles. The number of ether oxygens (including phenoxy) is 2. The van der Waals surface area contributed by atoms with E-state index in [1.807, 2.05) is 30.3 Å². The summed E-state index contributed by atoms with van der Waals surface area (Å²) in [6.07, 6.45) is 3.16. The second-order valence-corrected chi connectivity index (χ2v) is 8.70. The lowest BCUT2D eigenvalue weighted by Gasteiger charge is -2.26. The van der Waals surface area contributed by atoms with Gasteiger partial charge in [-0.15, -0.1) is 0 Å². The quantitative estimate of drug-likeness (QED) is 0.362. The van der Waals surface area contributed by atoms with Crippen LogP contribution in [0.4, 0.5) is 15.9 Å². The normalized spacial score (nSPS) is 18.1. The number of carbonyl (C=O) groups excluding carboxylic acids is 1. The van der Waals surface area contributed by atoms with Crippen molar-refractivity contribution in [1.29, 1.82) is 0 Å². The minimum Gasteiger partial charge on any atom is -0.494 e. The predicted octanol–water partition coefficient (Wildman–Crippen LogP) is 3.68. The van der Waals surface area contributed by atoms with Crippen molar-refractivity contribution in [2.75, 3.05) is 44.8 Å². The molecule has 1 amide bonds. The summed E-state index contributed by atoms with van der Waals surface area (Å²) in [5.41, 5.74) is 3.21. The standard InChI is InChI=1S/C26H28FN5O3/c27-19-4-7-24-22(15-19)23(26(33)29-24)17-28-25-16-20(30-31-25)14-18-2-5-21(6-3-18)35-11-1-8-32-9-12-34-13-10-32/h2-7,15-17,23H,1,8-14H2,(H,29,33)(H,30,31). The summed E-state index contributed by atoms with van der Waals surface area (Å²) in [7, 11) is 0. The zero-order valence-electron chi connectivity index (χ0n) is 19.4. The minimum absolute atomic E-state index is 0.228. The van der Waals surface area contributed by atoms with Crippen LogP contribution in [0.2, 0.25) is 0 Å². The monoisotopic (exact) mass is 477 g/mol. The number of nitrogens with zero attached hydrogens (tertiary/aromatic N) is 3. The fourth-order valence-electron chi connectivity index (χ4n) is 4.29. The van der Waals surface area contributed by atoms with Gasteiger partial charge in [0.05, 0.1) is 19.8 Å². The molecule has 1 atom stereocenters. The number of aliphatic imine (C=N–C) groups is 1. The van der Waals surface area contributed by atoms with Gasteiger partial charge in [0.2, 0.25) is 5.91 Å². The molecule has 0 spiro atoms. The largest absolute Gasteiger partial charge is 0.494 e. The van der Waals surface area contributed by atoms with Gasteiger partial charge in [0.15, 0.2) is 5.82 Å². The summed E-state index contributed by atoms with van der Waals surface area (Å²) in [4.78, 5) is 19.0. The van der Waals surface area contributed by atoms with E-state index in [1.165, 1.54) is 18.3 Å². The van der Waals surface area contributed by atoms with E-state index < -0.39 is 5.92 Å². The number of hydrogen-bond donors (Lipinski definition) is 2. The van der Waals surface area contributed by atoms with Crippen molar-refractivity contribution in [3.8, 4) is 5.75 Å². The molecule has 8 nitrogen and oxygen atoms in total. The van der Waals surface area contributed by atoms with Crippen LogP contribution in [0.3, 0.4) is 0 Å². The summed E-state index contributed by atoms with van der Waals surface area (Å²) in [6.45, 7) is 5.36.